The smallest absolute Gasteiger partial charge is 0.415 e. The van der Waals surface area contributed by atoms with Crippen LogP contribution in [0.2, 0.25) is 0 Å². The number of halogens is 4. The lowest BCUT2D eigenvalue weighted by Crippen LogP contribution is -2.26. The van der Waals surface area contributed by atoms with Gasteiger partial charge in [-0.2, -0.15) is 13.2 Å². The van der Waals surface area contributed by atoms with Crippen LogP contribution in [0, 0.1) is 0 Å². The van der Waals surface area contributed by atoms with Crippen molar-refractivity contribution in [3.63, 3.8) is 0 Å². The summed E-state index contributed by atoms with van der Waals surface area (Å²) in [6.45, 7) is -0.450. The number of rotatable bonds is 3. The highest BCUT2D eigenvalue weighted by Gasteiger charge is 2.41. The van der Waals surface area contributed by atoms with E-state index in [9.17, 15) is 17.6 Å². The van der Waals surface area contributed by atoms with Crippen LogP contribution in [-0.4, -0.2) is 23.9 Å². The number of nitrogen functional groups attached to an aromatic ring is 1. The summed E-state index contributed by atoms with van der Waals surface area (Å²) in [6.07, 6.45) is -3.18. The van der Waals surface area contributed by atoms with Crippen molar-refractivity contribution in [1.29, 1.82) is 0 Å². The molecule has 114 valence electrons. The summed E-state index contributed by atoms with van der Waals surface area (Å²) in [5.74, 6) is 0.129. The molecule has 1 aromatic rings. The van der Waals surface area contributed by atoms with Crippen molar-refractivity contribution in [1.82, 2.24) is 4.98 Å². The highest BCUT2D eigenvalue weighted by Crippen LogP contribution is 2.36. The van der Waals surface area contributed by atoms with Gasteiger partial charge in [0.05, 0.1) is 5.57 Å². The first-order chi connectivity index (χ1) is 9.79. The molecule has 3 nitrogen and oxygen atoms in total. The Morgan fingerprint density at radius 2 is 2.14 bits per heavy atom. The second-order valence-electron chi connectivity index (χ2n) is 4.41. The Labute approximate surface area is 123 Å². The molecule has 0 aliphatic heterocycles. The normalized spacial score (nSPS) is 19.0. The van der Waals surface area contributed by atoms with E-state index in [2.05, 4.69) is 17.6 Å². The fourth-order valence-corrected chi connectivity index (χ4v) is 2.12. The van der Waals surface area contributed by atoms with E-state index in [0.29, 0.717) is 4.90 Å². The van der Waals surface area contributed by atoms with E-state index >= 15 is 0 Å². The van der Waals surface area contributed by atoms with E-state index in [0.717, 1.165) is 0 Å². The highest BCUT2D eigenvalue weighted by atomic mass is 32.1. The number of nitrogens with zero attached hydrogens (tertiary/aromatic N) is 1. The van der Waals surface area contributed by atoms with E-state index in [1.165, 1.54) is 24.4 Å². The molecule has 0 bridgehead atoms. The number of anilines is 1. The van der Waals surface area contributed by atoms with E-state index < -0.39 is 24.5 Å². The average Bonchev–Trinajstić information content (AvgIpc) is 2.38. The zero-order valence-electron chi connectivity index (χ0n) is 10.7. The van der Waals surface area contributed by atoms with Crippen LogP contribution in [0.1, 0.15) is 6.42 Å². The Hall–Kier alpha value is -1.70. The molecule has 2 rings (SSSR count). The molecule has 0 radical (unpaired) electrons. The first-order valence-electron chi connectivity index (χ1n) is 5.97. The minimum absolute atomic E-state index is 0.0264. The standard InChI is InChI=1S/C13H12F4N2OS/c14-9-3-1-2-7(11(9)13(15,16)17)6-20-10-4-8(21)5-19-12(10)18/h1-2,4-5,9,21H,3,6H2,(H2,18,19). The third kappa shape index (κ3) is 3.69. The summed E-state index contributed by atoms with van der Waals surface area (Å²) < 4.78 is 57.4. The highest BCUT2D eigenvalue weighted by molar-refractivity contribution is 7.80. The van der Waals surface area contributed by atoms with Gasteiger partial charge in [0, 0.05) is 23.1 Å². The third-order valence-electron chi connectivity index (χ3n) is 2.88. The fraction of sp³-hybridized carbons (Fsp3) is 0.308. The monoisotopic (exact) mass is 320 g/mol. The molecule has 0 fully saturated rings. The van der Waals surface area contributed by atoms with Crippen LogP contribution in [0.5, 0.6) is 5.75 Å². The summed E-state index contributed by atoms with van der Waals surface area (Å²) in [4.78, 5) is 4.22. The van der Waals surface area contributed by atoms with Crippen LogP contribution in [0.15, 0.2) is 40.5 Å². The van der Waals surface area contributed by atoms with Gasteiger partial charge < -0.3 is 10.5 Å². The average molecular weight is 320 g/mol. The summed E-state index contributed by atoms with van der Waals surface area (Å²) in [5.41, 5.74) is 4.08. The molecule has 2 N–H and O–H groups in total. The summed E-state index contributed by atoms with van der Waals surface area (Å²) >= 11 is 4.04. The lowest BCUT2D eigenvalue weighted by Gasteiger charge is -2.22. The van der Waals surface area contributed by atoms with Crippen molar-refractivity contribution in [3.8, 4) is 5.75 Å². The number of thiol groups is 1. The molecule has 1 unspecified atom stereocenters. The van der Waals surface area contributed by atoms with Gasteiger partial charge in [-0.05, 0) is 6.07 Å². The van der Waals surface area contributed by atoms with Crippen molar-refractivity contribution in [2.24, 2.45) is 0 Å². The van der Waals surface area contributed by atoms with Gasteiger partial charge in [-0.15, -0.1) is 12.6 Å². The maximum Gasteiger partial charge on any atom is 0.415 e. The molecular formula is C13H12F4N2OS. The maximum atomic E-state index is 13.5. The molecule has 8 heteroatoms. The first-order valence-corrected chi connectivity index (χ1v) is 6.42. The van der Waals surface area contributed by atoms with E-state index in [1.54, 1.807) is 0 Å². The Morgan fingerprint density at radius 3 is 2.81 bits per heavy atom. The molecule has 1 aliphatic carbocycles. The molecule has 0 saturated carbocycles. The van der Waals surface area contributed by atoms with Gasteiger partial charge in [0.15, 0.2) is 11.6 Å². The topological polar surface area (TPSA) is 48.1 Å². The van der Waals surface area contributed by atoms with Crippen molar-refractivity contribution in [3.05, 3.63) is 35.6 Å². The molecule has 1 aliphatic rings. The van der Waals surface area contributed by atoms with Gasteiger partial charge >= 0.3 is 6.18 Å². The number of hydrogen-bond donors (Lipinski definition) is 2. The van der Waals surface area contributed by atoms with Gasteiger partial charge in [0.25, 0.3) is 0 Å². The van der Waals surface area contributed by atoms with E-state index in [-0.39, 0.29) is 23.6 Å². The van der Waals surface area contributed by atoms with Crippen LogP contribution >= 0.6 is 12.6 Å². The van der Waals surface area contributed by atoms with Crippen LogP contribution in [0.3, 0.4) is 0 Å². The van der Waals surface area contributed by atoms with Crippen LogP contribution in [0.4, 0.5) is 23.4 Å². The molecule has 0 aromatic carbocycles. The van der Waals surface area contributed by atoms with Crippen molar-refractivity contribution < 1.29 is 22.3 Å². The zero-order chi connectivity index (χ0) is 15.6. The number of alkyl halides is 4. The molecule has 1 atom stereocenters. The quantitative estimate of drug-likeness (QED) is 0.662. The van der Waals surface area contributed by atoms with Crippen LogP contribution < -0.4 is 10.5 Å². The second-order valence-corrected chi connectivity index (χ2v) is 4.92. The fourth-order valence-electron chi connectivity index (χ4n) is 1.94. The van der Waals surface area contributed by atoms with E-state index in [1.807, 2.05) is 0 Å². The maximum absolute atomic E-state index is 13.5. The van der Waals surface area contributed by atoms with Gasteiger partial charge in [-0.3, -0.25) is 0 Å². The lowest BCUT2D eigenvalue weighted by atomic mass is 9.96. The van der Waals surface area contributed by atoms with Crippen LogP contribution in [0.25, 0.3) is 0 Å². The molecule has 21 heavy (non-hydrogen) atoms. The summed E-state index contributed by atoms with van der Waals surface area (Å²) in [7, 11) is 0. The molecule has 0 amide bonds. The summed E-state index contributed by atoms with van der Waals surface area (Å²) in [6, 6.07) is 1.43. The molecule has 0 spiro atoms. The lowest BCUT2D eigenvalue weighted by molar-refractivity contribution is -0.102. The van der Waals surface area contributed by atoms with Gasteiger partial charge in [0.2, 0.25) is 0 Å². The SMILES string of the molecule is Nc1ncc(S)cc1OCC1=C(C(F)(F)F)C(F)CC=C1. The second kappa shape index (κ2) is 5.97. The number of pyridine rings is 1. The molecule has 0 saturated heterocycles. The van der Waals surface area contributed by atoms with Crippen molar-refractivity contribution in [2.45, 2.75) is 23.7 Å². The molecule has 1 aromatic heterocycles. The number of hydrogen-bond acceptors (Lipinski definition) is 4. The zero-order valence-corrected chi connectivity index (χ0v) is 11.6. The third-order valence-corrected chi connectivity index (χ3v) is 3.12. The Morgan fingerprint density at radius 1 is 1.43 bits per heavy atom. The van der Waals surface area contributed by atoms with E-state index in [4.69, 9.17) is 10.5 Å². The number of allylic oxidation sites excluding steroid dienone is 2. The Bertz CT molecular complexity index is 598. The largest absolute Gasteiger partial charge is 0.485 e. The predicted octanol–water partition coefficient (Wildman–Crippen LogP) is 3.49. The van der Waals surface area contributed by atoms with Gasteiger partial charge in [0.1, 0.15) is 12.8 Å². The Balaban J connectivity index is 2.24. The number of nitrogens with two attached hydrogens (primary N) is 1. The minimum Gasteiger partial charge on any atom is -0.485 e. The molecule has 1 heterocycles. The first kappa shape index (κ1) is 15.7. The minimum atomic E-state index is -4.74. The number of ether oxygens (including phenoxy) is 1. The Kier molecular flexibility index (Phi) is 4.46. The van der Waals surface area contributed by atoms with Crippen molar-refractivity contribution in [2.75, 3.05) is 12.3 Å². The molecular weight excluding hydrogens is 308 g/mol. The predicted molar refractivity (Wildman–Crippen MR) is 73.1 cm³/mol. The van der Waals surface area contributed by atoms with Gasteiger partial charge in [-0.25, -0.2) is 9.37 Å². The van der Waals surface area contributed by atoms with Gasteiger partial charge in [-0.1, -0.05) is 12.2 Å². The number of aromatic nitrogens is 1. The van der Waals surface area contributed by atoms with Crippen LogP contribution in [-0.2, 0) is 0 Å². The summed E-state index contributed by atoms with van der Waals surface area (Å²) in [5, 5.41) is 0. The van der Waals surface area contributed by atoms with Crippen molar-refractivity contribution >= 4 is 18.4 Å².